The van der Waals surface area contributed by atoms with Gasteiger partial charge in [-0.15, -0.1) is 0 Å². The van der Waals surface area contributed by atoms with Gasteiger partial charge in [-0.1, -0.05) is 12.1 Å². The SMILES string of the molecule is COc1ccc(C(NCC2(CO)COC2)C2CC2)cc1. The van der Waals surface area contributed by atoms with Gasteiger partial charge in [0.1, 0.15) is 5.75 Å². The van der Waals surface area contributed by atoms with E-state index >= 15 is 0 Å². The molecule has 0 aromatic heterocycles. The minimum Gasteiger partial charge on any atom is -0.497 e. The largest absolute Gasteiger partial charge is 0.497 e. The Hall–Kier alpha value is -1.10. The van der Waals surface area contributed by atoms with Gasteiger partial charge < -0.3 is 19.9 Å². The molecule has 4 nitrogen and oxygen atoms in total. The van der Waals surface area contributed by atoms with E-state index in [-0.39, 0.29) is 12.0 Å². The lowest BCUT2D eigenvalue weighted by atomic mass is 9.86. The maximum atomic E-state index is 9.51. The second-order valence-electron chi connectivity index (χ2n) is 6.12. The number of hydrogen-bond donors (Lipinski definition) is 2. The third-order valence-electron chi connectivity index (χ3n) is 4.42. The van der Waals surface area contributed by atoms with Crippen LogP contribution < -0.4 is 10.1 Å². The van der Waals surface area contributed by atoms with Crippen molar-refractivity contribution in [1.29, 1.82) is 0 Å². The molecule has 1 aliphatic heterocycles. The summed E-state index contributed by atoms with van der Waals surface area (Å²) in [6, 6.07) is 8.68. The molecule has 1 aliphatic carbocycles. The molecule has 1 heterocycles. The number of benzene rings is 1. The van der Waals surface area contributed by atoms with Crippen LogP contribution in [0.4, 0.5) is 0 Å². The van der Waals surface area contributed by atoms with Crippen molar-refractivity contribution in [3.63, 3.8) is 0 Å². The number of nitrogens with one attached hydrogen (secondary N) is 1. The lowest BCUT2D eigenvalue weighted by Crippen LogP contribution is -2.52. The summed E-state index contributed by atoms with van der Waals surface area (Å²) in [5, 5.41) is 13.2. The average molecular weight is 277 g/mol. The summed E-state index contributed by atoms with van der Waals surface area (Å²) in [7, 11) is 1.69. The topological polar surface area (TPSA) is 50.7 Å². The van der Waals surface area contributed by atoms with Crippen molar-refractivity contribution in [2.75, 3.05) is 33.5 Å². The summed E-state index contributed by atoms with van der Waals surface area (Å²) in [6.07, 6.45) is 2.57. The van der Waals surface area contributed by atoms with E-state index in [9.17, 15) is 5.11 Å². The first-order valence-electron chi connectivity index (χ1n) is 7.32. The second kappa shape index (κ2) is 5.72. The van der Waals surface area contributed by atoms with Crippen molar-refractivity contribution in [1.82, 2.24) is 5.32 Å². The van der Waals surface area contributed by atoms with Crippen LogP contribution in [0, 0.1) is 11.3 Å². The Kier molecular flexibility index (Phi) is 3.96. The van der Waals surface area contributed by atoms with Crippen molar-refractivity contribution in [3.8, 4) is 5.75 Å². The predicted octanol–water partition coefficient (Wildman–Crippen LogP) is 1.74. The second-order valence-corrected chi connectivity index (χ2v) is 6.12. The van der Waals surface area contributed by atoms with Crippen molar-refractivity contribution in [2.45, 2.75) is 18.9 Å². The number of rotatable bonds is 7. The molecule has 2 aliphatic rings. The van der Waals surface area contributed by atoms with Crippen molar-refractivity contribution < 1.29 is 14.6 Å². The van der Waals surface area contributed by atoms with E-state index in [1.807, 2.05) is 12.1 Å². The van der Waals surface area contributed by atoms with Crippen LogP contribution in [-0.4, -0.2) is 38.6 Å². The summed E-state index contributed by atoms with van der Waals surface area (Å²) in [4.78, 5) is 0. The first kappa shape index (κ1) is 13.9. The number of aliphatic hydroxyl groups excluding tert-OH is 1. The van der Waals surface area contributed by atoms with Gasteiger partial charge in [0.2, 0.25) is 0 Å². The molecule has 2 N–H and O–H groups in total. The van der Waals surface area contributed by atoms with E-state index in [2.05, 4.69) is 17.4 Å². The molecule has 1 saturated heterocycles. The fraction of sp³-hybridized carbons (Fsp3) is 0.625. The van der Waals surface area contributed by atoms with Crippen LogP contribution in [0.1, 0.15) is 24.4 Å². The van der Waals surface area contributed by atoms with Crippen molar-refractivity contribution >= 4 is 0 Å². The highest BCUT2D eigenvalue weighted by molar-refractivity contribution is 5.30. The van der Waals surface area contributed by atoms with E-state index in [0.717, 1.165) is 18.2 Å². The summed E-state index contributed by atoms with van der Waals surface area (Å²) in [6.45, 7) is 2.34. The molecule has 4 heteroatoms. The Morgan fingerprint density at radius 1 is 1.35 bits per heavy atom. The van der Waals surface area contributed by atoms with Gasteiger partial charge in [-0.2, -0.15) is 0 Å². The zero-order valence-electron chi connectivity index (χ0n) is 12.0. The van der Waals surface area contributed by atoms with Crippen molar-refractivity contribution in [3.05, 3.63) is 29.8 Å². The zero-order chi connectivity index (χ0) is 14.0. The number of aliphatic hydroxyl groups is 1. The molecule has 0 spiro atoms. The van der Waals surface area contributed by atoms with Crippen LogP contribution >= 0.6 is 0 Å². The highest BCUT2D eigenvalue weighted by Gasteiger charge is 2.40. The average Bonchev–Trinajstić information content (AvgIpc) is 3.27. The Morgan fingerprint density at radius 2 is 2.05 bits per heavy atom. The highest BCUT2D eigenvalue weighted by Crippen LogP contribution is 2.42. The van der Waals surface area contributed by atoms with E-state index in [4.69, 9.17) is 9.47 Å². The highest BCUT2D eigenvalue weighted by atomic mass is 16.5. The maximum absolute atomic E-state index is 9.51. The summed E-state index contributed by atoms with van der Waals surface area (Å²) in [5.41, 5.74) is 1.24. The lowest BCUT2D eigenvalue weighted by Gasteiger charge is -2.41. The minimum absolute atomic E-state index is 0.0698. The van der Waals surface area contributed by atoms with Crippen molar-refractivity contribution in [2.24, 2.45) is 11.3 Å². The Morgan fingerprint density at radius 3 is 2.50 bits per heavy atom. The summed E-state index contributed by atoms with van der Waals surface area (Å²) in [5.74, 6) is 1.61. The van der Waals surface area contributed by atoms with E-state index in [0.29, 0.717) is 19.3 Å². The third-order valence-corrected chi connectivity index (χ3v) is 4.42. The first-order valence-corrected chi connectivity index (χ1v) is 7.32. The fourth-order valence-electron chi connectivity index (χ4n) is 2.76. The third kappa shape index (κ3) is 2.82. The quantitative estimate of drug-likeness (QED) is 0.797. The Bertz CT molecular complexity index is 432. The van der Waals surface area contributed by atoms with Crippen LogP contribution in [0.2, 0.25) is 0 Å². The van der Waals surface area contributed by atoms with Gasteiger partial charge in [0.25, 0.3) is 0 Å². The molecule has 1 aromatic carbocycles. The smallest absolute Gasteiger partial charge is 0.118 e. The van der Waals surface area contributed by atoms with Gasteiger partial charge >= 0.3 is 0 Å². The van der Waals surface area contributed by atoms with Gasteiger partial charge in [0.05, 0.1) is 32.3 Å². The van der Waals surface area contributed by atoms with E-state index < -0.39 is 0 Å². The maximum Gasteiger partial charge on any atom is 0.118 e. The van der Waals surface area contributed by atoms with E-state index in [1.54, 1.807) is 7.11 Å². The molecule has 0 radical (unpaired) electrons. The molecule has 0 amide bonds. The molecule has 20 heavy (non-hydrogen) atoms. The number of hydrogen-bond acceptors (Lipinski definition) is 4. The van der Waals surface area contributed by atoms with Gasteiger partial charge in [0.15, 0.2) is 0 Å². The molecular weight excluding hydrogens is 254 g/mol. The van der Waals surface area contributed by atoms with Gasteiger partial charge in [-0.25, -0.2) is 0 Å². The number of methoxy groups -OCH3 is 1. The van der Waals surface area contributed by atoms with Gasteiger partial charge in [0, 0.05) is 12.6 Å². The molecule has 110 valence electrons. The molecule has 1 atom stereocenters. The zero-order valence-corrected chi connectivity index (χ0v) is 12.0. The molecule has 1 aromatic rings. The monoisotopic (exact) mass is 277 g/mol. The number of ether oxygens (including phenoxy) is 2. The van der Waals surface area contributed by atoms with Crippen LogP contribution in [0.15, 0.2) is 24.3 Å². The molecule has 1 unspecified atom stereocenters. The minimum atomic E-state index is -0.0698. The lowest BCUT2D eigenvalue weighted by molar-refractivity contribution is -0.135. The molecular formula is C16H23NO3. The summed E-state index contributed by atoms with van der Waals surface area (Å²) >= 11 is 0. The normalized spacial score (nSPS) is 22.1. The molecule has 2 fully saturated rings. The molecule has 0 bridgehead atoms. The van der Waals surface area contributed by atoms with Gasteiger partial charge in [-0.05, 0) is 36.5 Å². The van der Waals surface area contributed by atoms with Crippen LogP contribution in [-0.2, 0) is 4.74 Å². The first-order chi connectivity index (χ1) is 9.76. The van der Waals surface area contributed by atoms with Crippen LogP contribution in [0.3, 0.4) is 0 Å². The Balaban J connectivity index is 1.65. The standard InChI is InChI=1S/C16H23NO3/c1-19-14-6-4-13(5-7-14)15(12-2-3-12)17-8-16(9-18)10-20-11-16/h4-7,12,15,17-18H,2-3,8-11H2,1H3. The summed E-state index contributed by atoms with van der Waals surface area (Å²) < 4.78 is 10.5. The van der Waals surface area contributed by atoms with Gasteiger partial charge in [-0.3, -0.25) is 0 Å². The fourth-order valence-corrected chi connectivity index (χ4v) is 2.76. The Labute approximate surface area is 120 Å². The van der Waals surface area contributed by atoms with Crippen LogP contribution in [0.5, 0.6) is 5.75 Å². The molecule has 3 rings (SSSR count). The predicted molar refractivity (Wildman–Crippen MR) is 76.8 cm³/mol. The van der Waals surface area contributed by atoms with E-state index in [1.165, 1.54) is 18.4 Å². The van der Waals surface area contributed by atoms with Crippen LogP contribution in [0.25, 0.3) is 0 Å². The molecule has 1 saturated carbocycles.